The van der Waals surface area contributed by atoms with E-state index in [0.717, 1.165) is 31.5 Å². The lowest BCUT2D eigenvalue weighted by molar-refractivity contribution is 0.228. The number of nitrogens with two attached hydrogens (primary N) is 1. The molecule has 1 atom stereocenters. The number of amidine groups is 1. The number of oxime groups is 1. The third kappa shape index (κ3) is 5.61. The maximum absolute atomic E-state index is 8.95. The molecular formula is C15H25N3O3. The smallest absolute Gasteiger partial charge is 0.173 e. The molecule has 5 N–H and O–H groups in total. The average Bonchev–Trinajstić information content (AvgIpc) is 2.53. The van der Waals surface area contributed by atoms with Crippen molar-refractivity contribution in [2.24, 2.45) is 16.8 Å². The molecule has 1 rings (SSSR count). The first-order chi connectivity index (χ1) is 10.1. The molecule has 1 aromatic carbocycles. The summed E-state index contributed by atoms with van der Waals surface area (Å²) in [7, 11) is 1.55. The molecule has 118 valence electrons. The Bertz CT molecular complexity index is 463. The molecule has 1 aromatic rings. The fourth-order valence-corrected chi connectivity index (χ4v) is 2.01. The first-order valence-electron chi connectivity index (χ1n) is 7.08. The first kappa shape index (κ1) is 17.3. The molecule has 6 heteroatoms. The summed E-state index contributed by atoms with van der Waals surface area (Å²) in [4.78, 5) is 0. The minimum Gasteiger partial charge on any atom is -0.496 e. The fraction of sp³-hybridized carbons (Fsp3) is 0.533. The standard InChI is InChI=1S/C15H25N3O3/c1-11(10-19)4-3-7-17-9-12-5-6-13(15(16)18-20)14(8-12)21-2/h5-6,8,11,17,19-20H,3-4,7,9-10H2,1-2H3,(H2,16,18). The zero-order valence-electron chi connectivity index (χ0n) is 12.7. The summed E-state index contributed by atoms with van der Waals surface area (Å²) in [6, 6.07) is 5.56. The monoisotopic (exact) mass is 295 g/mol. The maximum atomic E-state index is 8.95. The lowest BCUT2D eigenvalue weighted by Crippen LogP contribution is -2.17. The molecule has 0 spiro atoms. The Hall–Kier alpha value is -1.79. The van der Waals surface area contributed by atoms with Gasteiger partial charge in [-0.2, -0.15) is 0 Å². The second-order valence-electron chi connectivity index (χ2n) is 5.13. The van der Waals surface area contributed by atoms with Crippen LogP contribution in [0.3, 0.4) is 0 Å². The molecule has 0 amide bonds. The summed E-state index contributed by atoms with van der Waals surface area (Å²) < 4.78 is 5.25. The van der Waals surface area contributed by atoms with Crippen molar-refractivity contribution < 1.29 is 15.1 Å². The molecule has 6 nitrogen and oxygen atoms in total. The van der Waals surface area contributed by atoms with Gasteiger partial charge in [0.2, 0.25) is 0 Å². The van der Waals surface area contributed by atoms with Crippen LogP contribution < -0.4 is 15.8 Å². The van der Waals surface area contributed by atoms with Crippen molar-refractivity contribution in [1.82, 2.24) is 5.32 Å². The van der Waals surface area contributed by atoms with Gasteiger partial charge in [-0.3, -0.25) is 0 Å². The number of ether oxygens (including phenoxy) is 1. The molecule has 0 bridgehead atoms. The van der Waals surface area contributed by atoms with Gasteiger partial charge in [-0.1, -0.05) is 18.1 Å². The number of rotatable bonds is 9. The van der Waals surface area contributed by atoms with Crippen molar-refractivity contribution >= 4 is 5.84 Å². The number of nitrogens with one attached hydrogen (secondary N) is 1. The Morgan fingerprint density at radius 2 is 2.24 bits per heavy atom. The second kappa shape index (κ2) is 9.20. The molecule has 0 aromatic heterocycles. The van der Waals surface area contributed by atoms with Gasteiger partial charge in [0.25, 0.3) is 0 Å². The van der Waals surface area contributed by atoms with Gasteiger partial charge in [0.05, 0.1) is 12.7 Å². The summed E-state index contributed by atoms with van der Waals surface area (Å²) in [6.07, 6.45) is 2.04. The molecule has 0 aliphatic carbocycles. The largest absolute Gasteiger partial charge is 0.496 e. The predicted molar refractivity (Wildman–Crippen MR) is 82.7 cm³/mol. The summed E-state index contributed by atoms with van der Waals surface area (Å²) >= 11 is 0. The number of aliphatic hydroxyl groups excluding tert-OH is 1. The van der Waals surface area contributed by atoms with Gasteiger partial charge in [0, 0.05) is 13.2 Å². The SMILES string of the molecule is COc1cc(CNCCCC(C)CO)ccc1/C(N)=N/O. The van der Waals surface area contributed by atoms with Gasteiger partial charge in [0.1, 0.15) is 5.75 Å². The highest BCUT2D eigenvalue weighted by Gasteiger charge is 2.08. The summed E-state index contributed by atoms with van der Waals surface area (Å²) in [5, 5.41) is 24.0. The van der Waals surface area contributed by atoms with Crippen LogP contribution in [-0.4, -0.2) is 36.4 Å². The lowest BCUT2D eigenvalue weighted by Gasteiger charge is -2.11. The maximum Gasteiger partial charge on any atom is 0.173 e. The number of methoxy groups -OCH3 is 1. The van der Waals surface area contributed by atoms with Crippen LogP contribution in [0.5, 0.6) is 5.75 Å². The highest BCUT2D eigenvalue weighted by atomic mass is 16.5. The van der Waals surface area contributed by atoms with Crippen molar-refractivity contribution in [2.45, 2.75) is 26.3 Å². The second-order valence-corrected chi connectivity index (χ2v) is 5.13. The number of benzene rings is 1. The number of hydrogen-bond acceptors (Lipinski definition) is 5. The van der Waals surface area contributed by atoms with E-state index >= 15 is 0 Å². The van der Waals surface area contributed by atoms with Gasteiger partial charge in [-0.05, 0) is 43.0 Å². The summed E-state index contributed by atoms with van der Waals surface area (Å²) in [5.41, 5.74) is 7.22. The third-order valence-corrected chi connectivity index (χ3v) is 3.34. The highest BCUT2D eigenvalue weighted by molar-refractivity contribution is 5.99. The molecule has 0 aliphatic heterocycles. The highest BCUT2D eigenvalue weighted by Crippen LogP contribution is 2.20. The van der Waals surface area contributed by atoms with Crippen molar-refractivity contribution in [3.8, 4) is 5.75 Å². The summed E-state index contributed by atoms with van der Waals surface area (Å²) in [5.74, 6) is 0.967. The van der Waals surface area contributed by atoms with Crippen molar-refractivity contribution in [3.05, 3.63) is 29.3 Å². The van der Waals surface area contributed by atoms with Gasteiger partial charge < -0.3 is 26.1 Å². The molecule has 0 aliphatic rings. The predicted octanol–water partition coefficient (Wildman–Crippen LogP) is 1.29. The van der Waals surface area contributed by atoms with E-state index in [1.54, 1.807) is 13.2 Å². The molecule has 1 unspecified atom stereocenters. The van der Waals surface area contributed by atoms with Crippen molar-refractivity contribution in [3.63, 3.8) is 0 Å². The normalized spacial score (nSPS) is 13.2. The zero-order valence-corrected chi connectivity index (χ0v) is 12.7. The average molecular weight is 295 g/mol. The molecular weight excluding hydrogens is 270 g/mol. The molecule has 0 fully saturated rings. The molecule has 21 heavy (non-hydrogen) atoms. The molecule has 0 saturated carbocycles. The zero-order chi connectivity index (χ0) is 15.7. The van der Waals surface area contributed by atoms with Crippen LogP contribution in [0.4, 0.5) is 0 Å². The third-order valence-electron chi connectivity index (χ3n) is 3.34. The molecule has 0 saturated heterocycles. The van der Waals surface area contributed by atoms with E-state index in [0.29, 0.717) is 17.2 Å². The van der Waals surface area contributed by atoms with Crippen LogP contribution >= 0.6 is 0 Å². The van der Waals surface area contributed by atoms with Crippen LogP contribution in [0, 0.1) is 5.92 Å². The Balaban J connectivity index is 2.50. The van der Waals surface area contributed by atoms with Crippen LogP contribution in [0.15, 0.2) is 23.4 Å². The van der Waals surface area contributed by atoms with Crippen LogP contribution in [0.2, 0.25) is 0 Å². The topological polar surface area (TPSA) is 100 Å². The van der Waals surface area contributed by atoms with E-state index in [1.165, 1.54) is 0 Å². The Morgan fingerprint density at radius 1 is 1.48 bits per heavy atom. The van der Waals surface area contributed by atoms with Gasteiger partial charge >= 0.3 is 0 Å². The number of aliphatic hydroxyl groups is 1. The van der Waals surface area contributed by atoms with E-state index < -0.39 is 0 Å². The van der Waals surface area contributed by atoms with Crippen LogP contribution in [0.1, 0.15) is 30.9 Å². The van der Waals surface area contributed by atoms with Crippen molar-refractivity contribution in [1.29, 1.82) is 0 Å². The first-order valence-corrected chi connectivity index (χ1v) is 7.08. The minimum absolute atomic E-state index is 0.0318. The molecule has 0 heterocycles. The van der Waals surface area contributed by atoms with E-state index in [4.69, 9.17) is 20.8 Å². The van der Waals surface area contributed by atoms with Gasteiger partial charge in [-0.25, -0.2) is 0 Å². The van der Waals surface area contributed by atoms with Gasteiger partial charge in [0.15, 0.2) is 5.84 Å². The van der Waals surface area contributed by atoms with Gasteiger partial charge in [-0.15, -0.1) is 0 Å². The van der Waals surface area contributed by atoms with E-state index in [2.05, 4.69) is 10.5 Å². The minimum atomic E-state index is 0.0318. The van der Waals surface area contributed by atoms with E-state index in [1.807, 2.05) is 19.1 Å². The quantitative estimate of drug-likeness (QED) is 0.181. The molecule has 0 radical (unpaired) electrons. The van der Waals surface area contributed by atoms with E-state index in [9.17, 15) is 0 Å². The summed E-state index contributed by atoms with van der Waals surface area (Å²) in [6.45, 7) is 3.90. The number of nitrogens with zero attached hydrogens (tertiary/aromatic N) is 1. The Labute approximate surface area is 125 Å². The Morgan fingerprint density at radius 3 is 2.86 bits per heavy atom. The Kier molecular flexibility index (Phi) is 7.56. The number of hydrogen-bond donors (Lipinski definition) is 4. The lowest BCUT2D eigenvalue weighted by atomic mass is 10.1. The van der Waals surface area contributed by atoms with Crippen LogP contribution in [0.25, 0.3) is 0 Å². The van der Waals surface area contributed by atoms with Crippen molar-refractivity contribution in [2.75, 3.05) is 20.3 Å². The van der Waals surface area contributed by atoms with E-state index in [-0.39, 0.29) is 12.4 Å². The van der Waals surface area contributed by atoms with Crippen LogP contribution in [-0.2, 0) is 6.54 Å². The fourth-order valence-electron chi connectivity index (χ4n) is 2.01.